The first-order chi connectivity index (χ1) is 7.31. The molecule has 0 aliphatic heterocycles. The van der Waals surface area contributed by atoms with Gasteiger partial charge in [0, 0.05) is 18.6 Å². The molecule has 1 aromatic carbocycles. The van der Waals surface area contributed by atoms with E-state index in [0.717, 1.165) is 21.7 Å². The first-order valence-corrected chi connectivity index (χ1v) is 5.51. The molecule has 0 saturated heterocycles. The molecule has 0 unspecified atom stereocenters. The number of aromatic nitrogens is 2. The molecule has 0 bridgehead atoms. The van der Waals surface area contributed by atoms with Crippen LogP contribution in [0.3, 0.4) is 0 Å². The minimum absolute atomic E-state index is 0.120. The van der Waals surface area contributed by atoms with Gasteiger partial charge in [0.2, 0.25) is 0 Å². The van der Waals surface area contributed by atoms with Crippen molar-refractivity contribution in [2.75, 3.05) is 6.61 Å². The molecular weight excluding hydrogens is 256 g/mol. The Hall–Kier alpha value is -1.13. The monoisotopic (exact) mass is 266 g/mol. The number of aromatic amines is 1. The fourth-order valence-electron chi connectivity index (χ4n) is 1.40. The van der Waals surface area contributed by atoms with Gasteiger partial charge in [-0.25, -0.2) is 4.98 Å². The van der Waals surface area contributed by atoms with E-state index in [2.05, 4.69) is 25.9 Å². The van der Waals surface area contributed by atoms with Crippen molar-refractivity contribution in [3.8, 4) is 11.4 Å². The van der Waals surface area contributed by atoms with E-state index in [9.17, 15) is 0 Å². The predicted molar refractivity (Wildman–Crippen MR) is 62.5 cm³/mol. The molecule has 2 aromatic rings. The highest BCUT2D eigenvalue weighted by Gasteiger charge is 2.08. The fourth-order valence-corrected chi connectivity index (χ4v) is 1.87. The maximum atomic E-state index is 8.86. The van der Waals surface area contributed by atoms with Crippen LogP contribution >= 0.6 is 15.9 Å². The summed E-state index contributed by atoms with van der Waals surface area (Å²) < 4.78 is 0.774. The second kappa shape index (κ2) is 4.59. The van der Waals surface area contributed by atoms with Crippen LogP contribution < -0.4 is 0 Å². The molecule has 0 aliphatic rings. The molecule has 0 spiro atoms. The maximum absolute atomic E-state index is 8.86. The first-order valence-electron chi connectivity index (χ1n) is 4.72. The third-order valence-electron chi connectivity index (χ3n) is 2.14. The second-order valence-corrected chi connectivity index (χ2v) is 3.95. The molecule has 0 radical (unpaired) electrons. The van der Waals surface area contributed by atoms with Gasteiger partial charge in [0.1, 0.15) is 10.4 Å². The number of H-pyrrole nitrogens is 1. The molecule has 4 heteroatoms. The molecule has 2 N–H and O–H groups in total. The van der Waals surface area contributed by atoms with Gasteiger partial charge in [-0.3, -0.25) is 0 Å². The molecule has 15 heavy (non-hydrogen) atoms. The highest BCUT2D eigenvalue weighted by Crippen LogP contribution is 2.21. The highest BCUT2D eigenvalue weighted by atomic mass is 79.9. The lowest BCUT2D eigenvalue weighted by Crippen LogP contribution is -1.91. The topological polar surface area (TPSA) is 48.9 Å². The summed E-state index contributed by atoms with van der Waals surface area (Å²) >= 11 is 3.36. The Labute approximate surface area is 96.3 Å². The first kappa shape index (κ1) is 10.4. The molecular formula is C11H11BrN2O. The van der Waals surface area contributed by atoms with Crippen molar-refractivity contribution in [1.82, 2.24) is 9.97 Å². The van der Waals surface area contributed by atoms with Crippen molar-refractivity contribution in [3.05, 3.63) is 40.6 Å². The van der Waals surface area contributed by atoms with Gasteiger partial charge in [-0.05, 0) is 15.9 Å². The van der Waals surface area contributed by atoms with E-state index in [1.165, 1.54) is 0 Å². The van der Waals surface area contributed by atoms with Crippen molar-refractivity contribution < 1.29 is 5.11 Å². The van der Waals surface area contributed by atoms with Crippen molar-refractivity contribution in [3.63, 3.8) is 0 Å². The third kappa shape index (κ3) is 2.27. The zero-order chi connectivity index (χ0) is 10.7. The number of halogens is 1. The Balaban J connectivity index is 2.34. The molecule has 1 heterocycles. The summed E-state index contributed by atoms with van der Waals surface area (Å²) in [5, 5.41) is 8.86. The Morgan fingerprint density at radius 1 is 1.27 bits per heavy atom. The molecule has 1 aromatic heterocycles. The summed E-state index contributed by atoms with van der Waals surface area (Å²) in [6, 6.07) is 9.90. The largest absolute Gasteiger partial charge is 0.396 e. The minimum atomic E-state index is 0.120. The van der Waals surface area contributed by atoms with Crippen LogP contribution in [0.4, 0.5) is 0 Å². The van der Waals surface area contributed by atoms with Crippen LogP contribution in [0.1, 0.15) is 5.69 Å². The number of imidazole rings is 1. The molecule has 0 saturated carbocycles. The smallest absolute Gasteiger partial charge is 0.138 e. The lowest BCUT2D eigenvalue weighted by molar-refractivity contribution is 0.298. The highest BCUT2D eigenvalue weighted by molar-refractivity contribution is 9.10. The zero-order valence-corrected chi connectivity index (χ0v) is 9.66. The molecule has 78 valence electrons. The van der Waals surface area contributed by atoms with Crippen molar-refractivity contribution in [1.29, 1.82) is 0 Å². The van der Waals surface area contributed by atoms with Gasteiger partial charge >= 0.3 is 0 Å². The van der Waals surface area contributed by atoms with Gasteiger partial charge in [-0.15, -0.1) is 0 Å². The predicted octanol–water partition coefficient (Wildman–Crippen LogP) is 2.37. The van der Waals surface area contributed by atoms with Gasteiger partial charge in [-0.2, -0.15) is 0 Å². The van der Waals surface area contributed by atoms with Crippen LogP contribution in [0.2, 0.25) is 0 Å². The SMILES string of the molecule is OCCc1[nH]c(-c2ccccc2)nc1Br. The number of aliphatic hydroxyl groups is 1. The average molecular weight is 267 g/mol. The Bertz CT molecular complexity index is 439. The molecule has 3 nitrogen and oxygen atoms in total. The minimum Gasteiger partial charge on any atom is -0.396 e. The van der Waals surface area contributed by atoms with E-state index < -0.39 is 0 Å². The number of nitrogens with zero attached hydrogens (tertiary/aromatic N) is 1. The van der Waals surface area contributed by atoms with Crippen LogP contribution in [0, 0.1) is 0 Å². The van der Waals surface area contributed by atoms with Crippen molar-refractivity contribution >= 4 is 15.9 Å². The number of hydrogen-bond donors (Lipinski definition) is 2. The second-order valence-electron chi connectivity index (χ2n) is 3.19. The van der Waals surface area contributed by atoms with Crippen molar-refractivity contribution in [2.24, 2.45) is 0 Å². The number of nitrogens with one attached hydrogen (secondary N) is 1. The normalized spacial score (nSPS) is 10.5. The standard InChI is InChI=1S/C11H11BrN2O/c12-10-9(6-7-15)13-11(14-10)8-4-2-1-3-5-8/h1-5,15H,6-7H2,(H,13,14). The van der Waals surface area contributed by atoms with Gasteiger partial charge in [0.15, 0.2) is 0 Å². The molecule has 0 fully saturated rings. The lowest BCUT2D eigenvalue weighted by atomic mass is 10.2. The summed E-state index contributed by atoms with van der Waals surface area (Å²) in [6.07, 6.45) is 0.584. The van der Waals surface area contributed by atoms with E-state index in [1.54, 1.807) is 0 Å². The lowest BCUT2D eigenvalue weighted by Gasteiger charge is -1.94. The number of hydrogen-bond acceptors (Lipinski definition) is 2. The zero-order valence-electron chi connectivity index (χ0n) is 8.07. The van der Waals surface area contributed by atoms with Gasteiger partial charge in [-0.1, -0.05) is 30.3 Å². The van der Waals surface area contributed by atoms with E-state index in [-0.39, 0.29) is 6.61 Å². The maximum Gasteiger partial charge on any atom is 0.138 e. The summed E-state index contributed by atoms with van der Waals surface area (Å²) in [4.78, 5) is 7.53. The average Bonchev–Trinajstić information content (AvgIpc) is 2.63. The third-order valence-corrected chi connectivity index (χ3v) is 2.79. The van der Waals surface area contributed by atoms with E-state index in [4.69, 9.17) is 5.11 Å². The molecule has 0 amide bonds. The summed E-state index contributed by atoms with van der Waals surface area (Å²) in [5.41, 5.74) is 1.97. The summed E-state index contributed by atoms with van der Waals surface area (Å²) in [5.74, 6) is 0.825. The van der Waals surface area contributed by atoms with E-state index in [0.29, 0.717) is 6.42 Å². The number of benzene rings is 1. The van der Waals surface area contributed by atoms with Crippen LogP contribution in [0.5, 0.6) is 0 Å². The molecule has 0 aliphatic carbocycles. The van der Waals surface area contributed by atoms with Gasteiger partial charge in [0.25, 0.3) is 0 Å². The van der Waals surface area contributed by atoms with Crippen LogP contribution in [-0.2, 0) is 6.42 Å². The quantitative estimate of drug-likeness (QED) is 0.896. The Kier molecular flexibility index (Phi) is 3.18. The summed E-state index contributed by atoms with van der Waals surface area (Å²) in [7, 11) is 0. The Morgan fingerprint density at radius 2 is 2.00 bits per heavy atom. The van der Waals surface area contributed by atoms with Crippen molar-refractivity contribution in [2.45, 2.75) is 6.42 Å². The fraction of sp³-hybridized carbons (Fsp3) is 0.182. The molecule has 0 atom stereocenters. The van der Waals surface area contributed by atoms with Crippen LogP contribution in [0.15, 0.2) is 34.9 Å². The Morgan fingerprint density at radius 3 is 2.67 bits per heavy atom. The van der Waals surface area contributed by atoms with E-state index >= 15 is 0 Å². The van der Waals surface area contributed by atoms with Crippen LogP contribution in [-0.4, -0.2) is 21.7 Å². The number of rotatable bonds is 3. The molecule has 2 rings (SSSR count). The van der Waals surface area contributed by atoms with Gasteiger partial charge in [0.05, 0.1) is 5.69 Å². The van der Waals surface area contributed by atoms with Crippen LogP contribution in [0.25, 0.3) is 11.4 Å². The number of aliphatic hydroxyl groups excluding tert-OH is 1. The summed E-state index contributed by atoms with van der Waals surface area (Å²) in [6.45, 7) is 0.120. The van der Waals surface area contributed by atoms with Gasteiger partial charge < -0.3 is 10.1 Å². The van der Waals surface area contributed by atoms with E-state index in [1.807, 2.05) is 30.3 Å².